The smallest absolute Gasteiger partial charge is 0.478 e. The van der Waals surface area contributed by atoms with Gasteiger partial charge in [-0.3, -0.25) is 0 Å². The predicted molar refractivity (Wildman–Crippen MR) is 91.2 cm³/mol. The van der Waals surface area contributed by atoms with Gasteiger partial charge in [-0.2, -0.15) is 10.4 Å². The van der Waals surface area contributed by atoms with Gasteiger partial charge in [0.1, 0.15) is 6.23 Å². The minimum atomic E-state index is -0.997. The van der Waals surface area contributed by atoms with Crippen LogP contribution < -0.4 is 5.01 Å². The molecule has 5 nitrogen and oxygen atoms in total. The van der Waals surface area contributed by atoms with E-state index in [1.54, 1.807) is 0 Å². The van der Waals surface area contributed by atoms with Gasteiger partial charge in [-0.15, -0.1) is 0 Å². The Morgan fingerprint density at radius 3 is 2.57 bits per heavy atom. The van der Waals surface area contributed by atoms with E-state index >= 15 is 0 Å². The number of hydrogen-bond donors (Lipinski definition) is 0. The van der Waals surface area contributed by atoms with Crippen LogP contribution in [0.4, 0.5) is 5.69 Å². The lowest BCUT2D eigenvalue weighted by Crippen LogP contribution is -2.49. The number of rotatable bonds is 2. The van der Waals surface area contributed by atoms with E-state index in [2.05, 4.69) is 33.8 Å². The Hall–Kier alpha value is -1.37. The number of fused-ring (bicyclic) bond motifs is 1. The van der Waals surface area contributed by atoms with E-state index in [1.165, 1.54) is 0 Å². The third-order valence-electron chi connectivity index (χ3n) is 4.29. The highest BCUT2D eigenvalue weighted by Crippen LogP contribution is 2.38. The Morgan fingerprint density at radius 1 is 1.26 bits per heavy atom. The van der Waals surface area contributed by atoms with Crippen molar-refractivity contribution in [3.8, 4) is 6.07 Å². The molecule has 0 saturated carbocycles. The van der Waals surface area contributed by atoms with E-state index in [4.69, 9.17) is 17.9 Å². The molecule has 1 aromatic carbocycles. The Labute approximate surface area is 144 Å². The first kappa shape index (κ1) is 16.5. The standard InChI is InChI=1S/C17H21N3O2.Al.H/c1-11-15(14(21)9-17(2,3)4)16(22)20(19-11)13-7-5-12(10-18)6-8-13;;/h5-8,14-16H,9H2,1-4H3;;/q-2;+2;. The Kier molecular flexibility index (Phi) is 4.49. The molecule has 3 rings (SSSR count). The molecule has 3 unspecified atom stereocenters. The summed E-state index contributed by atoms with van der Waals surface area (Å²) in [5.74, 6) is 0.172. The molecule has 0 radical (unpaired) electrons. The zero-order valence-corrected chi connectivity index (χ0v) is 15.5. The molecule has 23 heavy (non-hydrogen) atoms. The average Bonchev–Trinajstić information content (AvgIpc) is 2.84. The highest BCUT2D eigenvalue weighted by atomic mass is 27.2. The quantitative estimate of drug-likeness (QED) is 0.784. The number of benzene rings is 1. The molecule has 1 fully saturated rings. The Morgan fingerprint density at radius 2 is 1.96 bits per heavy atom. The first-order chi connectivity index (χ1) is 10.9. The van der Waals surface area contributed by atoms with Crippen LogP contribution in [-0.2, 0) is 7.58 Å². The van der Waals surface area contributed by atoms with Crippen molar-refractivity contribution in [2.24, 2.45) is 16.4 Å². The minimum Gasteiger partial charge on any atom is -0.478 e. The number of hydrogen-bond acceptors (Lipinski definition) is 5. The second-order valence-corrected chi connectivity index (χ2v) is 8.32. The van der Waals surface area contributed by atoms with E-state index in [0.717, 1.165) is 17.8 Å². The monoisotopic (exact) mass is 327 g/mol. The van der Waals surface area contributed by atoms with Crippen molar-refractivity contribution in [3.05, 3.63) is 29.8 Å². The number of nitrogens with zero attached hydrogens (tertiary/aromatic N) is 3. The molecule has 6 heteroatoms. The largest absolute Gasteiger partial charge is 0.651 e. The van der Waals surface area contributed by atoms with Crippen molar-refractivity contribution in [2.45, 2.75) is 46.4 Å². The van der Waals surface area contributed by atoms with E-state index < -0.39 is 15.9 Å². The highest BCUT2D eigenvalue weighted by Gasteiger charge is 2.46. The van der Waals surface area contributed by atoms with Crippen LogP contribution in [0.5, 0.6) is 0 Å². The van der Waals surface area contributed by atoms with E-state index in [1.807, 2.05) is 29.3 Å². The van der Waals surface area contributed by atoms with E-state index in [-0.39, 0.29) is 23.7 Å². The summed E-state index contributed by atoms with van der Waals surface area (Å²) in [7, 11) is 0. The van der Waals surface area contributed by atoms with E-state index in [0.29, 0.717) is 5.56 Å². The van der Waals surface area contributed by atoms with Crippen molar-refractivity contribution in [1.82, 2.24) is 0 Å². The molecule has 120 valence electrons. The van der Waals surface area contributed by atoms with Gasteiger partial charge in [0.25, 0.3) is 0 Å². The lowest BCUT2D eigenvalue weighted by molar-refractivity contribution is -0.00912. The van der Waals surface area contributed by atoms with Crippen LogP contribution in [0.2, 0.25) is 0 Å². The predicted octanol–water partition coefficient (Wildman–Crippen LogP) is 2.81. The maximum atomic E-state index is 8.94. The van der Waals surface area contributed by atoms with Crippen LogP contribution in [0.1, 0.15) is 39.7 Å². The molecule has 0 amide bonds. The minimum absolute atomic E-state index is 0.0734. The van der Waals surface area contributed by atoms with Crippen molar-refractivity contribution in [3.63, 3.8) is 0 Å². The van der Waals surface area contributed by atoms with Gasteiger partial charge in [0.2, 0.25) is 0 Å². The fraction of sp³-hybridized carbons (Fsp3) is 0.529. The summed E-state index contributed by atoms with van der Waals surface area (Å²) in [6.07, 6.45) is 1.10. The van der Waals surface area contributed by atoms with Crippen LogP contribution in [0.15, 0.2) is 29.4 Å². The normalized spacial score (nSPS) is 27.0. The fourth-order valence-electron chi connectivity index (χ4n) is 3.26. The Balaban J connectivity index is 1.84. The molecule has 1 saturated heterocycles. The summed E-state index contributed by atoms with van der Waals surface area (Å²) in [4.78, 5) is 0. The highest BCUT2D eigenvalue weighted by molar-refractivity contribution is 6.19. The summed E-state index contributed by atoms with van der Waals surface area (Å²) < 4.78 is 12.0. The maximum Gasteiger partial charge on any atom is 0.651 e. The van der Waals surface area contributed by atoms with Crippen molar-refractivity contribution < 1.29 is 7.58 Å². The van der Waals surface area contributed by atoms with Gasteiger partial charge in [-0.1, -0.05) is 20.8 Å². The van der Waals surface area contributed by atoms with Crippen LogP contribution in [-0.4, -0.2) is 33.9 Å². The number of anilines is 1. The van der Waals surface area contributed by atoms with Crippen LogP contribution in [0.25, 0.3) is 0 Å². The fourth-order valence-corrected chi connectivity index (χ4v) is 4.33. The van der Waals surface area contributed by atoms with Crippen LogP contribution in [0, 0.1) is 22.7 Å². The molecule has 0 aromatic heterocycles. The summed E-state index contributed by atoms with van der Waals surface area (Å²) in [5, 5.41) is 15.6. The van der Waals surface area contributed by atoms with Gasteiger partial charge in [0.05, 0.1) is 23.2 Å². The molecular weight excluding hydrogens is 305 g/mol. The van der Waals surface area contributed by atoms with E-state index in [9.17, 15) is 0 Å². The molecule has 0 bridgehead atoms. The van der Waals surface area contributed by atoms with Crippen molar-refractivity contribution >= 4 is 27.3 Å². The van der Waals surface area contributed by atoms with Gasteiger partial charge in [-0.25, -0.2) is 5.01 Å². The Bertz CT molecular complexity index is 645. The zero-order valence-electron chi connectivity index (χ0n) is 14.1. The zero-order chi connectivity index (χ0) is 16.6. The third kappa shape index (κ3) is 3.44. The van der Waals surface area contributed by atoms with Crippen LogP contribution >= 0.6 is 0 Å². The van der Waals surface area contributed by atoms with Gasteiger partial charge < -0.3 is 7.58 Å². The molecule has 2 aliphatic rings. The van der Waals surface area contributed by atoms with Gasteiger partial charge in [0.15, 0.2) is 0 Å². The third-order valence-corrected chi connectivity index (χ3v) is 5.33. The average molecular weight is 327 g/mol. The molecule has 1 aromatic rings. The SMILES string of the molecule is CC1=NN(c2ccc(C#N)cc2)C2[O][AlH][O]C(CC(C)(C)C)C12. The number of hydrazone groups is 1. The second kappa shape index (κ2) is 6.26. The second-order valence-electron chi connectivity index (χ2n) is 7.42. The number of nitriles is 1. The van der Waals surface area contributed by atoms with Crippen molar-refractivity contribution in [2.75, 3.05) is 5.01 Å². The van der Waals surface area contributed by atoms with Crippen LogP contribution in [0.3, 0.4) is 0 Å². The lowest BCUT2D eigenvalue weighted by Gasteiger charge is -2.40. The summed E-state index contributed by atoms with van der Waals surface area (Å²) in [5.41, 5.74) is 2.88. The summed E-state index contributed by atoms with van der Waals surface area (Å²) >= 11 is -0.997. The topological polar surface area (TPSA) is 57.9 Å². The summed E-state index contributed by atoms with van der Waals surface area (Å²) in [6, 6.07) is 9.63. The van der Waals surface area contributed by atoms with Gasteiger partial charge in [-0.05, 0) is 43.0 Å². The summed E-state index contributed by atoms with van der Waals surface area (Å²) in [6.45, 7) is 8.77. The molecule has 2 heterocycles. The van der Waals surface area contributed by atoms with Crippen molar-refractivity contribution in [1.29, 1.82) is 5.26 Å². The molecule has 0 aliphatic carbocycles. The first-order valence-electron chi connectivity index (χ1n) is 7.97. The molecule has 0 spiro atoms. The molecule has 2 aliphatic heterocycles. The van der Waals surface area contributed by atoms with Gasteiger partial charge in [0, 0.05) is 11.8 Å². The molecular formula is C17H22AlN3O2. The lowest BCUT2D eigenvalue weighted by atomic mass is 9.82. The molecule has 3 atom stereocenters. The van der Waals surface area contributed by atoms with Gasteiger partial charge >= 0.3 is 15.9 Å². The first-order valence-corrected chi connectivity index (χ1v) is 9.12. The molecule has 0 N–H and O–H groups in total. The maximum absolute atomic E-state index is 8.94.